The van der Waals surface area contributed by atoms with E-state index < -0.39 is 49.5 Å². The van der Waals surface area contributed by atoms with Crippen molar-refractivity contribution in [2.75, 3.05) is 45.1 Å². The minimum atomic E-state index is -3.92. The van der Waals surface area contributed by atoms with Gasteiger partial charge in [0.05, 0.1) is 38.7 Å². The van der Waals surface area contributed by atoms with Gasteiger partial charge in [-0.05, 0) is 64.2 Å². The maximum atomic E-state index is 14.6. The van der Waals surface area contributed by atoms with Crippen molar-refractivity contribution in [1.82, 2.24) is 24.8 Å². The van der Waals surface area contributed by atoms with Crippen LogP contribution in [-0.2, 0) is 55.1 Å². The van der Waals surface area contributed by atoms with Crippen LogP contribution in [0.4, 0.5) is 15.0 Å². The molecule has 288 valence electrons. The number of hydrogen-bond acceptors (Lipinski definition) is 14. The van der Waals surface area contributed by atoms with Crippen molar-refractivity contribution < 1.29 is 51.3 Å². The number of alkyl carbamates (subject to hydrolysis) is 1. The Hall–Kier alpha value is -4.18. The smallest absolute Gasteiger partial charge is 0.408 e. The third-order valence-electron chi connectivity index (χ3n) is 7.24. The molecule has 52 heavy (non-hydrogen) atoms. The van der Waals surface area contributed by atoms with Crippen molar-refractivity contribution >= 4 is 42.6 Å². The zero-order chi connectivity index (χ0) is 38.5. The monoisotopic (exact) mass is 752 g/mol. The molecule has 2 unspecified atom stereocenters. The summed E-state index contributed by atoms with van der Waals surface area (Å²) in [5, 5.41) is 2.40. The number of benzene rings is 1. The van der Waals surface area contributed by atoms with E-state index in [4.69, 9.17) is 33.7 Å². The number of carbonyl (C=O) groups excluding carboxylic acids is 3. The molecule has 3 atom stereocenters. The van der Waals surface area contributed by atoms with Gasteiger partial charge in [0.2, 0.25) is 0 Å². The van der Waals surface area contributed by atoms with Crippen LogP contribution in [0.3, 0.4) is 0 Å². The van der Waals surface area contributed by atoms with Crippen molar-refractivity contribution in [3.8, 4) is 0 Å². The normalized spacial score (nSPS) is 14.1. The first-order chi connectivity index (χ1) is 24.5. The van der Waals surface area contributed by atoms with Gasteiger partial charge in [-0.2, -0.15) is 0 Å². The van der Waals surface area contributed by atoms with Crippen molar-refractivity contribution in [2.45, 2.75) is 85.4 Å². The second-order valence-corrected chi connectivity index (χ2v) is 15.4. The molecule has 0 bridgehead atoms. The van der Waals surface area contributed by atoms with Gasteiger partial charge in [0, 0.05) is 13.0 Å². The zero-order valence-corrected chi connectivity index (χ0v) is 31.7. The number of imidazole rings is 1. The summed E-state index contributed by atoms with van der Waals surface area (Å²) in [5.41, 5.74) is 7.09. The summed E-state index contributed by atoms with van der Waals surface area (Å²) < 4.78 is 62.4. The fourth-order valence-corrected chi connectivity index (χ4v) is 5.97. The lowest BCUT2D eigenvalue weighted by Crippen LogP contribution is -2.42. The Balaban J connectivity index is 1.51. The number of halogens is 1. The quantitative estimate of drug-likeness (QED) is 0.0664. The van der Waals surface area contributed by atoms with Gasteiger partial charge in [0.1, 0.15) is 42.3 Å². The van der Waals surface area contributed by atoms with Crippen LogP contribution in [0.1, 0.15) is 71.9 Å². The molecule has 2 aromatic heterocycles. The van der Waals surface area contributed by atoms with E-state index in [1.165, 1.54) is 25.6 Å². The number of fused-ring (bicyclic) bond motifs is 1. The van der Waals surface area contributed by atoms with Gasteiger partial charge >= 0.3 is 25.6 Å². The van der Waals surface area contributed by atoms with Gasteiger partial charge in [0.15, 0.2) is 11.5 Å². The molecule has 1 amide bonds. The Morgan fingerprint density at radius 3 is 2.37 bits per heavy atom. The lowest BCUT2D eigenvalue weighted by molar-refractivity contribution is -0.146. The Morgan fingerprint density at radius 2 is 1.67 bits per heavy atom. The first-order valence-corrected chi connectivity index (χ1v) is 18.7. The molecule has 0 saturated carbocycles. The first-order valence-electron chi connectivity index (χ1n) is 17.0. The molecule has 0 saturated heterocycles. The summed E-state index contributed by atoms with van der Waals surface area (Å²) in [4.78, 5) is 49.2. The van der Waals surface area contributed by atoms with E-state index >= 15 is 0 Å². The molecule has 3 rings (SSSR count). The number of rotatable bonds is 20. The molecular weight excluding hydrogens is 702 g/mol. The van der Waals surface area contributed by atoms with Gasteiger partial charge in [0.25, 0.3) is 0 Å². The Morgan fingerprint density at radius 1 is 0.962 bits per heavy atom. The number of carbonyl (C=O) groups is 3. The van der Waals surface area contributed by atoms with Crippen LogP contribution in [-0.4, -0.2) is 88.6 Å². The van der Waals surface area contributed by atoms with Crippen LogP contribution < -0.4 is 11.1 Å². The van der Waals surface area contributed by atoms with Gasteiger partial charge in [-0.25, -0.2) is 28.9 Å². The average molecular weight is 753 g/mol. The summed E-state index contributed by atoms with van der Waals surface area (Å²) in [7, 11) is -3.92. The number of nitrogens with two attached hydrogens (primary N) is 1. The van der Waals surface area contributed by atoms with Crippen molar-refractivity contribution in [1.29, 1.82) is 0 Å². The van der Waals surface area contributed by atoms with Crippen LogP contribution in [0, 0.1) is 11.7 Å². The standard InChI is InChI=1S/C34H50FN6O10P/c1-22(2)17-26-10-9-25(18-27(26)35)23(3)31(42)48-15-16-50-52(45,21-46-14-11-41-20-39-28-29(36)37-19-38-30(28)41)49-13-8-12-47-32(43)24(4)40-33(44)51-34(5,6)7/h9-10,18-20,22-24H,8,11-17,21H2,1-7H3,(H,40,44)(H2,36,37,38)/t23?,24-,52?/m1/s1. The molecular formula is C34H50FN6O10P. The largest absolute Gasteiger partial charge is 0.464 e. The fraction of sp³-hybridized carbons (Fsp3) is 0.588. The molecule has 0 aliphatic rings. The highest BCUT2D eigenvalue weighted by Crippen LogP contribution is 2.48. The van der Waals surface area contributed by atoms with Crippen LogP contribution in [0.15, 0.2) is 30.9 Å². The molecule has 2 heterocycles. The number of anilines is 1. The summed E-state index contributed by atoms with van der Waals surface area (Å²) in [6.07, 6.45) is 2.36. The molecule has 0 spiro atoms. The fourth-order valence-electron chi connectivity index (χ4n) is 4.63. The maximum absolute atomic E-state index is 14.6. The highest BCUT2D eigenvalue weighted by molar-refractivity contribution is 7.53. The van der Waals surface area contributed by atoms with Gasteiger partial charge in [-0.15, -0.1) is 0 Å². The Kier molecular flexibility index (Phi) is 15.9. The van der Waals surface area contributed by atoms with Crippen LogP contribution in [0.25, 0.3) is 11.2 Å². The number of ether oxygens (including phenoxy) is 4. The van der Waals surface area contributed by atoms with E-state index in [1.807, 2.05) is 13.8 Å². The summed E-state index contributed by atoms with van der Waals surface area (Å²) in [6, 6.07) is 3.74. The molecule has 18 heteroatoms. The third-order valence-corrected chi connectivity index (χ3v) is 8.89. The lowest BCUT2D eigenvalue weighted by Gasteiger charge is -2.21. The van der Waals surface area contributed by atoms with Crippen LogP contribution in [0.2, 0.25) is 0 Å². The van der Waals surface area contributed by atoms with Crippen molar-refractivity contribution in [3.05, 3.63) is 47.8 Å². The molecule has 16 nitrogen and oxygen atoms in total. The van der Waals surface area contributed by atoms with E-state index in [-0.39, 0.29) is 63.6 Å². The van der Waals surface area contributed by atoms with E-state index in [2.05, 4.69) is 20.3 Å². The van der Waals surface area contributed by atoms with Gasteiger partial charge < -0.3 is 43.6 Å². The number of nitrogens with one attached hydrogen (secondary N) is 1. The number of amides is 1. The predicted molar refractivity (Wildman–Crippen MR) is 189 cm³/mol. The van der Waals surface area contributed by atoms with Gasteiger partial charge in [-0.1, -0.05) is 26.0 Å². The van der Waals surface area contributed by atoms with E-state index in [0.29, 0.717) is 28.7 Å². The van der Waals surface area contributed by atoms with E-state index in [0.717, 1.165) is 0 Å². The Bertz CT molecular complexity index is 1700. The molecule has 3 N–H and O–H groups in total. The van der Waals surface area contributed by atoms with E-state index in [1.54, 1.807) is 44.4 Å². The Labute approximate surface area is 302 Å². The highest BCUT2D eigenvalue weighted by atomic mass is 31.2. The predicted octanol–water partition coefficient (Wildman–Crippen LogP) is 5.14. The second-order valence-electron chi connectivity index (χ2n) is 13.4. The molecule has 3 aromatic rings. The molecule has 0 aliphatic heterocycles. The third kappa shape index (κ3) is 13.7. The number of hydrogen-bond donors (Lipinski definition) is 2. The average Bonchev–Trinajstić information content (AvgIpc) is 3.48. The van der Waals surface area contributed by atoms with Gasteiger partial charge in [-0.3, -0.25) is 9.36 Å². The van der Waals surface area contributed by atoms with E-state index in [9.17, 15) is 23.3 Å². The number of aromatic nitrogens is 4. The summed E-state index contributed by atoms with van der Waals surface area (Å²) in [5.74, 6) is -1.93. The maximum Gasteiger partial charge on any atom is 0.408 e. The minimum absolute atomic E-state index is 0.0746. The molecule has 0 fully saturated rings. The lowest BCUT2D eigenvalue weighted by atomic mass is 9.96. The summed E-state index contributed by atoms with van der Waals surface area (Å²) in [6.45, 7) is 11.7. The van der Waals surface area contributed by atoms with Crippen molar-refractivity contribution in [2.24, 2.45) is 5.92 Å². The van der Waals surface area contributed by atoms with Crippen LogP contribution in [0.5, 0.6) is 0 Å². The minimum Gasteiger partial charge on any atom is -0.464 e. The summed E-state index contributed by atoms with van der Waals surface area (Å²) >= 11 is 0. The topological polar surface area (TPSA) is 205 Å². The second kappa shape index (κ2) is 19.6. The molecule has 0 aliphatic carbocycles. The molecule has 0 radical (unpaired) electrons. The zero-order valence-electron chi connectivity index (χ0n) is 30.8. The first kappa shape index (κ1) is 42.2. The molecule has 1 aromatic carbocycles. The number of nitrogens with zero attached hydrogens (tertiary/aromatic N) is 4. The SMILES string of the molecule is CC(C)Cc1ccc(C(C)C(=O)OCCOP(=O)(COCCn2cnc3c(N)ncnc32)OCCCOC(=O)[C@@H](C)NC(=O)OC(C)(C)C)cc1F. The highest BCUT2D eigenvalue weighted by Gasteiger charge is 2.27. The number of esters is 2. The van der Waals surface area contributed by atoms with Crippen LogP contribution >= 0.6 is 7.60 Å². The van der Waals surface area contributed by atoms with Crippen molar-refractivity contribution in [3.63, 3.8) is 0 Å². The number of nitrogen functional groups attached to an aromatic ring is 1.